The van der Waals surface area contributed by atoms with Crippen LogP contribution in [0.4, 0.5) is 5.13 Å². The van der Waals surface area contributed by atoms with Crippen molar-refractivity contribution in [1.82, 2.24) is 15.5 Å². The van der Waals surface area contributed by atoms with Crippen LogP contribution >= 0.6 is 34.7 Å². The van der Waals surface area contributed by atoms with Crippen LogP contribution in [0.1, 0.15) is 39.6 Å². The van der Waals surface area contributed by atoms with E-state index in [0.29, 0.717) is 39.5 Å². The molecule has 1 heterocycles. The summed E-state index contributed by atoms with van der Waals surface area (Å²) in [7, 11) is 0. The highest BCUT2D eigenvalue weighted by Crippen LogP contribution is 2.27. The molecule has 0 spiro atoms. The summed E-state index contributed by atoms with van der Waals surface area (Å²) in [5, 5.41) is 15.7. The van der Waals surface area contributed by atoms with E-state index in [2.05, 4.69) is 34.7 Å². The highest BCUT2D eigenvalue weighted by Gasteiger charge is 2.15. The minimum absolute atomic E-state index is 0.214. The summed E-state index contributed by atoms with van der Waals surface area (Å²) in [5.41, 5.74) is 1.04. The van der Waals surface area contributed by atoms with Gasteiger partial charge in [0.05, 0.1) is 16.1 Å². The average Bonchev–Trinajstić information content (AvgIpc) is 3.15. The standard InChI is InChI=1S/C21H21ClN4O2S2/c1-13(2)29-17-10-6-4-8-15(17)20(28)24-21-26-25-18(30-21)11-12-23-19(27)14-7-3-5-9-16(14)22/h3-10,13H,11-12H2,1-2H3,(H,23,27)(H,24,26,28). The molecular weight excluding hydrogens is 440 g/mol. The lowest BCUT2D eigenvalue weighted by molar-refractivity contribution is 0.0953. The fourth-order valence-electron chi connectivity index (χ4n) is 2.60. The summed E-state index contributed by atoms with van der Waals surface area (Å²) in [5.74, 6) is -0.452. The zero-order valence-corrected chi connectivity index (χ0v) is 18.9. The minimum Gasteiger partial charge on any atom is -0.352 e. The van der Waals surface area contributed by atoms with Crippen LogP contribution in [-0.2, 0) is 6.42 Å². The second-order valence-corrected chi connectivity index (χ2v) is 9.69. The van der Waals surface area contributed by atoms with Gasteiger partial charge in [0.15, 0.2) is 0 Å². The Morgan fingerprint density at radius 1 is 1.03 bits per heavy atom. The van der Waals surface area contributed by atoms with Gasteiger partial charge < -0.3 is 5.32 Å². The first-order valence-corrected chi connectivity index (χ1v) is 11.4. The van der Waals surface area contributed by atoms with Crippen LogP contribution in [0.25, 0.3) is 0 Å². The van der Waals surface area contributed by atoms with Gasteiger partial charge in [0.25, 0.3) is 11.8 Å². The van der Waals surface area contributed by atoms with Crippen LogP contribution in [0.15, 0.2) is 53.4 Å². The number of nitrogens with one attached hydrogen (secondary N) is 2. The first kappa shape index (κ1) is 22.3. The largest absolute Gasteiger partial charge is 0.352 e. The van der Waals surface area contributed by atoms with Gasteiger partial charge in [0.1, 0.15) is 5.01 Å². The van der Waals surface area contributed by atoms with Crippen LogP contribution in [0.5, 0.6) is 0 Å². The molecule has 0 radical (unpaired) electrons. The van der Waals surface area contributed by atoms with E-state index < -0.39 is 0 Å². The summed E-state index contributed by atoms with van der Waals surface area (Å²) in [6.07, 6.45) is 0.503. The number of nitrogens with zero attached hydrogens (tertiary/aromatic N) is 2. The van der Waals surface area contributed by atoms with Crippen molar-refractivity contribution in [2.45, 2.75) is 30.4 Å². The Morgan fingerprint density at radius 2 is 1.73 bits per heavy atom. The quantitative estimate of drug-likeness (QED) is 0.466. The molecule has 2 aromatic carbocycles. The van der Waals surface area contributed by atoms with E-state index in [1.165, 1.54) is 11.3 Å². The monoisotopic (exact) mass is 460 g/mol. The third-order valence-electron chi connectivity index (χ3n) is 3.92. The molecule has 2 amide bonds. The van der Waals surface area contributed by atoms with Gasteiger partial charge in [-0.05, 0) is 24.3 Å². The van der Waals surface area contributed by atoms with Gasteiger partial charge >= 0.3 is 0 Å². The Hall–Kier alpha value is -2.42. The van der Waals surface area contributed by atoms with Crippen molar-refractivity contribution >= 4 is 51.6 Å². The maximum atomic E-state index is 12.7. The molecule has 1 aromatic heterocycles. The maximum Gasteiger partial charge on any atom is 0.258 e. The molecule has 0 fully saturated rings. The summed E-state index contributed by atoms with van der Waals surface area (Å²) in [6, 6.07) is 14.4. The first-order chi connectivity index (χ1) is 14.4. The van der Waals surface area contributed by atoms with Crippen molar-refractivity contribution in [3.63, 3.8) is 0 Å². The minimum atomic E-state index is -0.238. The average molecular weight is 461 g/mol. The molecule has 0 aliphatic rings. The fraction of sp³-hybridized carbons (Fsp3) is 0.238. The fourth-order valence-corrected chi connectivity index (χ4v) is 4.51. The maximum absolute atomic E-state index is 12.7. The van der Waals surface area contributed by atoms with Crippen LogP contribution in [-0.4, -0.2) is 33.8 Å². The van der Waals surface area contributed by atoms with Gasteiger partial charge in [0, 0.05) is 23.1 Å². The Balaban J connectivity index is 1.55. The predicted molar refractivity (Wildman–Crippen MR) is 123 cm³/mol. The zero-order valence-electron chi connectivity index (χ0n) is 16.5. The SMILES string of the molecule is CC(C)Sc1ccccc1C(=O)Nc1nnc(CCNC(=O)c2ccccc2Cl)s1. The number of carbonyl (C=O) groups excluding carboxylic acids is 2. The van der Waals surface area contributed by atoms with Crippen molar-refractivity contribution < 1.29 is 9.59 Å². The number of halogens is 1. The molecule has 3 rings (SSSR count). The number of carbonyl (C=O) groups is 2. The molecule has 0 saturated heterocycles. The molecule has 3 aromatic rings. The normalized spacial score (nSPS) is 10.8. The van der Waals surface area contributed by atoms with E-state index in [0.717, 1.165) is 9.90 Å². The third-order valence-corrected chi connectivity index (χ3v) is 6.23. The topological polar surface area (TPSA) is 84.0 Å². The molecule has 156 valence electrons. The number of hydrogen-bond donors (Lipinski definition) is 2. The van der Waals surface area contributed by atoms with Gasteiger partial charge in [-0.2, -0.15) is 0 Å². The van der Waals surface area contributed by atoms with Crippen molar-refractivity contribution in [2.24, 2.45) is 0 Å². The van der Waals surface area contributed by atoms with E-state index in [9.17, 15) is 9.59 Å². The number of amides is 2. The lowest BCUT2D eigenvalue weighted by Gasteiger charge is -2.10. The van der Waals surface area contributed by atoms with Crippen LogP contribution in [0.2, 0.25) is 5.02 Å². The smallest absolute Gasteiger partial charge is 0.258 e. The second-order valence-electron chi connectivity index (χ2n) is 6.60. The molecule has 0 atom stereocenters. The number of anilines is 1. The van der Waals surface area contributed by atoms with Crippen molar-refractivity contribution in [3.8, 4) is 0 Å². The molecule has 0 saturated carbocycles. The summed E-state index contributed by atoms with van der Waals surface area (Å²) >= 11 is 8.96. The summed E-state index contributed by atoms with van der Waals surface area (Å²) in [6.45, 7) is 4.56. The van der Waals surface area contributed by atoms with E-state index in [-0.39, 0.29) is 11.8 Å². The molecule has 0 unspecified atom stereocenters. The van der Waals surface area contributed by atoms with E-state index in [1.807, 2.05) is 18.2 Å². The molecular formula is C21H21ClN4O2S2. The molecule has 2 N–H and O–H groups in total. The molecule has 30 heavy (non-hydrogen) atoms. The molecule has 0 aliphatic carbocycles. The third kappa shape index (κ3) is 6.04. The molecule has 6 nitrogen and oxygen atoms in total. The van der Waals surface area contributed by atoms with E-state index in [4.69, 9.17) is 11.6 Å². The lowest BCUT2D eigenvalue weighted by atomic mass is 10.2. The Bertz CT molecular complexity index is 1040. The summed E-state index contributed by atoms with van der Waals surface area (Å²) in [4.78, 5) is 25.8. The number of aromatic nitrogens is 2. The molecule has 0 bridgehead atoms. The number of benzene rings is 2. The van der Waals surface area contributed by atoms with Gasteiger partial charge in [-0.1, -0.05) is 61.1 Å². The molecule has 9 heteroatoms. The number of rotatable bonds is 8. The summed E-state index contributed by atoms with van der Waals surface area (Å²) < 4.78 is 0. The van der Waals surface area contributed by atoms with Gasteiger partial charge in [-0.3, -0.25) is 14.9 Å². The number of hydrogen-bond acceptors (Lipinski definition) is 6. The number of thioether (sulfide) groups is 1. The van der Waals surface area contributed by atoms with Crippen molar-refractivity contribution in [3.05, 3.63) is 69.7 Å². The predicted octanol–water partition coefficient (Wildman–Crippen LogP) is 4.92. The zero-order chi connectivity index (χ0) is 21.5. The van der Waals surface area contributed by atoms with Crippen LogP contribution in [0, 0.1) is 0 Å². The van der Waals surface area contributed by atoms with Crippen LogP contribution in [0.3, 0.4) is 0 Å². The van der Waals surface area contributed by atoms with Gasteiger partial charge in [-0.15, -0.1) is 22.0 Å². The highest BCUT2D eigenvalue weighted by atomic mass is 35.5. The Labute approximate surface area is 188 Å². The molecule has 0 aliphatic heterocycles. The van der Waals surface area contributed by atoms with Crippen molar-refractivity contribution in [2.75, 3.05) is 11.9 Å². The lowest BCUT2D eigenvalue weighted by Crippen LogP contribution is -2.25. The second kappa shape index (κ2) is 10.6. The van der Waals surface area contributed by atoms with Gasteiger partial charge in [0.2, 0.25) is 5.13 Å². The first-order valence-electron chi connectivity index (χ1n) is 9.36. The Kier molecular flexibility index (Phi) is 7.84. The van der Waals surface area contributed by atoms with Gasteiger partial charge in [-0.25, -0.2) is 0 Å². The van der Waals surface area contributed by atoms with E-state index in [1.54, 1.807) is 42.1 Å². The van der Waals surface area contributed by atoms with Crippen molar-refractivity contribution in [1.29, 1.82) is 0 Å². The van der Waals surface area contributed by atoms with Crippen LogP contribution < -0.4 is 10.6 Å². The Morgan fingerprint density at radius 3 is 2.47 bits per heavy atom. The highest BCUT2D eigenvalue weighted by molar-refractivity contribution is 8.00. The van der Waals surface area contributed by atoms with E-state index >= 15 is 0 Å².